The van der Waals surface area contributed by atoms with Gasteiger partial charge in [-0.2, -0.15) is 0 Å². The van der Waals surface area contributed by atoms with Crippen LogP contribution in [-0.2, 0) is 6.54 Å². The molecular formula is C19H25NO. The highest BCUT2D eigenvalue weighted by molar-refractivity contribution is 5.28. The summed E-state index contributed by atoms with van der Waals surface area (Å²) in [6.07, 6.45) is 2.27. The largest absolute Gasteiger partial charge is 0.494 e. The number of hydrogen-bond acceptors (Lipinski definition) is 2. The maximum atomic E-state index is 5.75. The molecule has 21 heavy (non-hydrogen) atoms. The summed E-state index contributed by atoms with van der Waals surface area (Å²) >= 11 is 0. The SMILES string of the molecule is CCCCOc1cccc(CNC(C)c2ccccc2)c1. The van der Waals surface area contributed by atoms with Crippen LogP contribution in [0.1, 0.15) is 43.9 Å². The summed E-state index contributed by atoms with van der Waals surface area (Å²) in [6.45, 7) is 6.01. The Balaban J connectivity index is 1.86. The van der Waals surface area contributed by atoms with Gasteiger partial charge in [0.05, 0.1) is 6.61 Å². The monoisotopic (exact) mass is 283 g/mol. The minimum Gasteiger partial charge on any atom is -0.494 e. The van der Waals surface area contributed by atoms with Crippen molar-refractivity contribution in [2.75, 3.05) is 6.61 Å². The standard InChI is InChI=1S/C19H25NO/c1-3-4-13-21-19-12-8-9-17(14-19)15-20-16(2)18-10-6-5-7-11-18/h5-12,14,16,20H,3-4,13,15H2,1-2H3. The molecule has 2 aromatic carbocycles. The molecule has 1 atom stereocenters. The zero-order valence-electron chi connectivity index (χ0n) is 13.0. The van der Waals surface area contributed by atoms with E-state index in [1.807, 2.05) is 12.1 Å². The van der Waals surface area contributed by atoms with Crippen LogP contribution in [-0.4, -0.2) is 6.61 Å². The van der Waals surface area contributed by atoms with Crippen molar-refractivity contribution < 1.29 is 4.74 Å². The van der Waals surface area contributed by atoms with Crippen molar-refractivity contribution in [3.63, 3.8) is 0 Å². The third kappa shape index (κ3) is 5.24. The van der Waals surface area contributed by atoms with E-state index in [1.165, 1.54) is 11.1 Å². The van der Waals surface area contributed by atoms with Gasteiger partial charge in [0.1, 0.15) is 5.75 Å². The molecule has 0 amide bonds. The van der Waals surface area contributed by atoms with Gasteiger partial charge in [0.15, 0.2) is 0 Å². The molecule has 112 valence electrons. The fourth-order valence-electron chi connectivity index (χ4n) is 2.21. The second kappa shape index (κ2) is 8.48. The normalized spacial score (nSPS) is 12.1. The van der Waals surface area contributed by atoms with Crippen LogP contribution in [0.3, 0.4) is 0 Å². The first kappa shape index (κ1) is 15.6. The average molecular weight is 283 g/mol. The zero-order valence-corrected chi connectivity index (χ0v) is 13.0. The summed E-state index contributed by atoms with van der Waals surface area (Å²) in [7, 11) is 0. The summed E-state index contributed by atoms with van der Waals surface area (Å²) in [5.41, 5.74) is 2.57. The van der Waals surface area contributed by atoms with Gasteiger partial charge >= 0.3 is 0 Å². The predicted molar refractivity (Wildman–Crippen MR) is 88.5 cm³/mol. The van der Waals surface area contributed by atoms with E-state index in [0.29, 0.717) is 6.04 Å². The lowest BCUT2D eigenvalue weighted by Gasteiger charge is -2.15. The van der Waals surface area contributed by atoms with Crippen LogP contribution < -0.4 is 10.1 Å². The molecule has 0 heterocycles. The Morgan fingerprint density at radius 3 is 2.62 bits per heavy atom. The van der Waals surface area contributed by atoms with E-state index in [0.717, 1.165) is 31.7 Å². The molecule has 0 aromatic heterocycles. The highest BCUT2D eigenvalue weighted by Gasteiger charge is 2.04. The highest BCUT2D eigenvalue weighted by Crippen LogP contribution is 2.16. The van der Waals surface area contributed by atoms with E-state index in [9.17, 15) is 0 Å². The molecule has 2 heteroatoms. The molecule has 2 rings (SSSR count). The molecule has 1 unspecified atom stereocenters. The number of unbranched alkanes of at least 4 members (excludes halogenated alkanes) is 1. The Bertz CT molecular complexity index is 524. The van der Waals surface area contributed by atoms with Crippen molar-refractivity contribution >= 4 is 0 Å². The molecule has 1 N–H and O–H groups in total. The molecule has 0 spiro atoms. The number of benzene rings is 2. The fraction of sp³-hybridized carbons (Fsp3) is 0.368. The van der Waals surface area contributed by atoms with Crippen LogP contribution in [0.15, 0.2) is 54.6 Å². The number of hydrogen-bond donors (Lipinski definition) is 1. The summed E-state index contributed by atoms with van der Waals surface area (Å²) < 4.78 is 5.75. The average Bonchev–Trinajstić information content (AvgIpc) is 2.54. The van der Waals surface area contributed by atoms with E-state index < -0.39 is 0 Å². The molecule has 0 radical (unpaired) electrons. The second-order valence-electron chi connectivity index (χ2n) is 5.36. The van der Waals surface area contributed by atoms with Crippen LogP contribution in [0.5, 0.6) is 5.75 Å². The summed E-state index contributed by atoms with van der Waals surface area (Å²) in [5.74, 6) is 0.968. The maximum absolute atomic E-state index is 5.75. The molecule has 0 fully saturated rings. The molecule has 2 nitrogen and oxygen atoms in total. The summed E-state index contributed by atoms with van der Waals surface area (Å²) in [5, 5.41) is 3.55. The van der Waals surface area contributed by atoms with E-state index in [4.69, 9.17) is 4.74 Å². The third-order valence-electron chi connectivity index (χ3n) is 3.58. The lowest BCUT2D eigenvalue weighted by molar-refractivity contribution is 0.309. The molecule has 0 aliphatic rings. The van der Waals surface area contributed by atoms with E-state index in [2.05, 4.69) is 61.6 Å². The van der Waals surface area contributed by atoms with Crippen LogP contribution in [0.2, 0.25) is 0 Å². The van der Waals surface area contributed by atoms with Crippen molar-refractivity contribution in [1.82, 2.24) is 5.32 Å². The highest BCUT2D eigenvalue weighted by atomic mass is 16.5. The maximum Gasteiger partial charge on any atom is 0.119 e. The van der Waals surface area contributed by atoms with Crippen molar-refractivity contribution in [3.8, 4) is 5.75 Å². The number of nitrogens with one attached hydrogen (secondary N) is 1. The van der Waals surface area contributed by atoms with Crippen molar-refractivity contribution in [1.29, 1.82) is 0 Å². The summed E-state index contributed by atoms with van der Waals surface area (Å²) in [6, 6.07) is 19.2. The zero-order chi connectivity index (χ0) is 14.9. The minimum absolute atomic E-state index is 0.343. The first-order chi connectivity index (χ1) is 10.3. The molecule has 0 aliphatic carbocycles. The molecule has 0 bridgehead atoms. The third-order valence-corrected chi connectivity index (χ3v) is 3.58. The van der Waals surface area contributed by atoms with E-state index in [-0.39, 0.29) is 0 Å². The number of ether oxygens (including phenoxy) is 1. The van der Waals surface area contributed by atoms with Gasteiger partial charge in [-0.15, -0.1) is 0 Å². The van der Waals surface area contributed by atoms with Gasteiger partial charge in [0, 0.05) is 12.6 Å². The quantitative estimate of drug-likeness (QED) is 0.708. The van der Waals surface area contributed by atoms with Crippen molar-refractivity contribution in [2.45, 2.75) is 39.3 Å². The van der Waals surface area contributed by atoms with Crippen LogP contribution in [0, 0.1) is 0 Å². The smallest absolute Gasteiger partial charge is 0.119 e. The molecule has 0 saturated heterocycles. The van der Waals surface area contributed by atoms with Gasteiger partial charge in [0.25, 0.3) is 0 Å². The van der Waals surface area contributed by atoms with Gasteiger partial charge < -0.3 is 10.1 Å². The Morgan fingerprint density at radius 2 is 1.86 bits per heavy atom. The van der Waals surface area contributed by atoms with Gasteiger partial charge in [-0.3, -0.25) is 0 Å². The lowest BCUT2D eigenvalue weighted by Crippen LogP contribution is -2.18. The molecule has 0 saturated carbocycles. The van der Waals surface area contributed by atoms with Crippen LogP contribution in [0.25, 0.3) is 0 Å². The Morgan fingerprint density at radius 1 is 1.05 bits per heavy atom. The molecular weight excluding hydrogens is 258 g/mol. The Labute approximate surface area is 128 Å². The van der Waals surface area contributed by atoms with E-state index >= 15 is 0 Å². The Kier molecular flexibility index (Phi) is 6.29. The molecule has 2 aromatic rings. The van der Waals surface area contributed by atoms with Crippen molar-refractivity contribution in [2.24, 2.45) is 0 Å². The summed E-state index contributed by atoms with van der Waals surface area (Å²) in [4.78, 5) is 0. The minimum atomic E-state index is 0.343. The first-order valence-electron chi connectivity index (χ1n) is 7.79. The Hall–Kier alpha value is -1.80. The second-order valence-corrected chi connectivity index (χ2v) is 5.36. The van der Waals surface area contributed by atoms with Crippen LogP contribution in [0.4, 0.5) is 0 Å². The molecule has 0 aliphatic heterocycles. The van der Waals surface area contributed by atoms with Crippen molar-refractivity contribution in [3.05, 3.63) is 65.7 Å². The number of rotatable bonds is 8. The topological polar surface area (TPSA) is 21.3 Å². The first-order valence-corrected chi connectivity index (χ1v) is 7.79. The van der Waals surface area contributed by atoms with E-state index in [1.54, 1.807) is 0 Å². The predicted octanol–water partition coefficient (Wildman–Crippen LogP) is 4.72. The van der Waals surface area contributed by atoms with Gasteiger partial charge in [-0.25, -0.2) is 0 Å². The lowest BCUT2D eigenvalue weighted by atomic mass is 10.1. The van der Waals surface area contributed by atoms with Gasteiger partial charge in [-0.1, -0.05) is 55.8 Å². The fourth-order valence-corrected chi connectivity index (χ4v) is 2.21. The van der Waals surface area contributed by atoms with Gasteiger partial charge in [0.2, 0.25) is 0 Å². The van der Waals surface area contributed by atoms with Crippen LogP contribution >= 0.6 is 0 Å². The van der Waals surface area contributed by atoms with Gasteiger partial charge in [-0.05, 0) is 36.6 Å².